The highest BCUT2D eigenvalue weighted by Gasteiger charge is 2.26. The van der Waals surface area contributed by atoms with E-state index in [-0.39, 0.29) is 5.91 Å². The minimum Gasteiger partial charge on any atom is -0.449 e. The van der Waals surface area contributed by atoms with Crippen molar-refractivity contribution in [1.29, 1.82) is 0 Å². The van der Waals surface area contributed by atoms with E-state index in [2.05, 4.69) is 0 Å². The Balaban J connectivity index is 1.74. The van der Waals surface area contributed by atoms with Crippen LogP contribution < -0.4 is 0 Å². The summed E-state index contributed by atoms with van der Waals surface area (Å²) in [4.78, 5) is 26.4. The molecule has 0 N–H and O–H groups in total. The minimum absolute atomic E-state index is 0.179. The highest BCUT2D eigenvalue weighted by atomic mass is 16.5. The Hall–Kier alpha value is -2.40. The SMILES string of the molecule is CC(OC(=O)c1cccc2ccccc12)C(=O)N1CCOCC1. The van der Waals surface area contributed by atoms with Crippen molar-refractivity contribution in [3.63, 3.8) is 0 Å². The zero-order valence-electron chi connectivity index (χ0n) is 13.0. The molecule has 1 atom stereocenters. The van der Waals surface area contributed by atoms with Gasteiger partial charge in [0.05, 0.1) is 18.8 Å². The number of benzene rings is 2. The normalized spacial score (nSPS) is 16.1. The van der Waals surface area contributed by atoms with Crippen molar-refractivity contribution >= 4 is 22.6 Å². The molecule has 1 aliphatic heterocycles. The lowest BCUT2D eigenvalue weighted by Crippen LogP contribution is -2.46. The number of fused-ring (bicyclic) bond motifs is 1. The molecule has 1 heterocycles. The van der Waals surface area contributed by atoms with Crippen LogP contribution in [0.1, 0.15) is 17.3 Å². The van der Waals surface area contributed by atoms with Crippen molar-refractivity contribution in [3.8, 4) is 0 Å². The number of hydrogen-bond donors (Lipinski definition) is 0. The topological polar surface area (TPSA) is 55.8 Å². The van der Waals surface area contributed by atoms with E-state index in [0.717, 1.165) is 10.8 Å². The fourth-order valence-corrected chi connectivity index (χ4v) is 2.72. The van der Waals surface area contributed by atoms with Gasteiger partial charge in [0.2, 0.25) is 0 Å². The molecule has 0 aliphatic carbocycles. The van der Waals surface area contributed by atoms with Gasteiger partial charge in [-0.3, -0.25) is 4.79 Å². The first-order chi connectivity index (χ1) is 11.2. The maximum atomic E-state index is 12.4. The lowest BCUT2D eigenvalue weighted by Gasteiger charge is -2.29. The summed E-state index contributed by atoms with van der Waals surface area (Å²) in [5, 5.41) is 1.79. The van der Waals surface area contributed by atoms with E-state index < -0.39 is 12.1 Å². The maximum absolute atomic E-state index is 12.4. The van der Waals surface area contributed by atoms with Crippen LogP contribution in [0.4, 0.5) is 0 Å². The van der Waals surface area contributed by atoms with E-state index in [1.165, 1.54) is 0 Å². The Labute approximate surface area is 134 Å². The predicted octanol–water partition coefficient (Wildman–Crippen LogP) is 2.24. The van der Waals surface area contributed by atoms with Crippen LogP contribution in [-0.4, -0.2) is 49.2 Å². The molecular formula is C18H19NO4. The van der Waals surface area contributed by atoms with E-state index in [0.29, 0.717) is 31.9 Å². The van der Waals surface area contributed by atoms with Crippen LogP contribution in [0.3, 0.4) is 0 Å². The number of carbonyl (C=O) groups is 2. The highest BCUT2D eigenvalue weighted by Crippen LogP contribution is 2.20. The van der Waals surface area contributed by atoms with Gasteiger partial charge in [-0.1, -0.05) is 36.4 Å². The van der Waals surface area contributed by atoms with Crippen molar-refractivity contribution in [1.82, 2.24) is 4.90 Å². The molecule has 0 radical (unpaired) electrons. The van der Waals surface area contributed by atoms with E-state index in [1.807, 2.05) is 36.4 Å². The molecular weight excluding hydrogens is 294 g/mol. The second-order valence-corrected chi connectivity index (χ2v) is 5.51. The summed E-state index contributed by atoms with van der Waals surface area (Å²) < 4.78 is 10.6. The Kier molecular flexibility index (Phi) is 4.57. The van der Waals surface area contributed by atoms with Crippen LogP contribution >= 0.6 is 0 Å². The van der Waals surface area contributed by atoms with E-state index in [9.17, 15) is 9.59 Å². The molecule has 1 amide bonds. The molecule has 1 saturated heterocycles. The van der Waals surface area contributed by atoms with Gasteiger partial charge in [-0.15, -0.1) is 0 Å². The summed E-state index contributed by atoms with van der Waals surface area (Å²) in [7, 11) is 0. The van der Waals surface area contributed by atoms with Crippen LogP contribution in [0.5, 0.6) is 0 Å². The fraction of sp³-hybridized carbons (Fsp3) is 0.333. The number of rotatable bonds is 3. The molecule has 0 aromatic heterocycles. The highest BCUT2D eigenvalue weighted by molar-refractivity contribution is 6.05. The fourth-order valence-electron chi connectivity index (χ4n) is 2.72. The van der Waals surface area contributed by atoms with E-state index in [4.69, 9.17) is 9.47 Å². The van der Waals surface area contributed by atoms with Crippen molar-refractivity contribution in [3.05, 3.63) is 48.0 Å². The molecule has 0 saturated carbocycles. The zero-order chi connectivity index (χ0) is 16.2. The Morgan fingerprint density at radius 2 is 1.78 bits per heavy atom. The molecule has 1 unspecified atom stereocenters. The molecule has 23 heavy (non-hydrogen) atoms. The third-order valence-electron chi connectivity index (χ3n) is 3.96. The number of hydrogen-bond acceptors (Lipinski definition) is 4. The molecule has 5 nitrogen and oxygen atoms in total. The third-order valence-corrected chi connectivity index (χ3v) is 3.96. The molecule has 2 aromatic carbocycles. The number of amides is 1. The summed E-state index contributed by atoms with van der Waals surface area (Å²) in [5.74, 6) is -0.655. The third kappa shape index (κ3) is 3.35. The summed E-state index contributed by atoms with van der Waals surface area (Å²) in [6, 6.07) is 13.1. The van der Waals surface area contributed by atoms with Crippen molar-refractivity contribution < 1.29 is 19.1 Å². The number of ether oxygens (including phenoxy) is 2. The Bertz CT molecular complexity index is 717. The standard InChI is InChI=1S/C18H19NO4/c1-13(17(20)19-9-11-22-12-10-19)23-18(21)16-8-4-6-14-5-2-3-7-15(14)16/h2-8,13H,9-12H2,1H3. The van der Waals surface area contributed by atoms with Gasteiger partial charge in [-0.25, -0.2) is 4.79 Å². The average Bonchev–Trinajstić information content (AvgIpc) is 2.61. The quantitative estimate of drug-likeness (QED) is 0.816. The summed E-state index contributed by atoms with van der Waals surface area (Å²) in [5.41, 5.74) is 0.477. The second-order valence-electron chi connectivity index (χ2n) is 5.51. The van der Waals surface area contributed by atoms with Crippen LogP contribution in [0.15, 0.2) is 42.5 Å². The van der Waals surface area contributed by atoms with Crippen LogP contribution in [0.25, 0.3) is 10.8 Å². The first-order valence-corrected chi connectivity index (χ1v) is 7.72. The van der Waals surface area contributed by atoms with Crippen molar-refractivity contribution in [2.24, 2.45) is 0 Å². The number of morpholine rings is 1. The van der Waals surface area contributed by atoms with Crippen LogP contribution in [0, 0.1) is 0 Å². The van der Waals surface area contributed by atoms with E-state index >= 15 is 0 Å². The molecule has 1 fully saturated rings. The van der Waals surface area contributed by atoms with Gasteiger partial charge < -0.3 is 14.4 Å². The van der Waals surface area contributed by atoms with Crippen LogP contribution in [0.2, 0.25) is 0 Å². The minimum atomic E-state index is -0.806. The number of carbonyl (C=O) groups excluding carboxylic acids is 2. The van der Waals surface area contributed by atoms with Gasteiger partial charge in [0.15, 0.2) is 6.10 Å². The smallest absolute Gasteiger partial charge is 0.339 e. The predicted molar refractivity (Wildman–Crippen MR) is 86.2 cm³/mol. The lowest BCUT2D eigenvalue weighted by molar-refractivity contribution is -0.143. The van der Waals surface area contributed by atoms with Crippen LogP contribution in [-0.2, 0) is 14.3 Å². The zero-order valence-corrected chi connectivity index (χ0v) is 13.0. The molecule has 2 aromatic rings. The summed E-state index contributed by atoms with van der Waals surface area (Å²) in [6.07, 6.45) is -0.806. The molecule has 0 bridgehead atoms. The molecule has 5 heteroatoms. The molecule has 3 rings (SSSR count). The Morgan fingerprint density at radius 1 is 1.09 bits per heavy atom. The van der Waals surface area contributed by atoms with Gasteiger partial charge in [-0.05, 0) is 23.8 Å². The number of esters is 1. The van der Waals surface area contributed by atoms with Gasteiger partial charge in [0.1, 0.15) is 0 Å². The Morgan fingerprint density at radius 3 is 2.57 bits per heavy atom. The van der Waals surface area contributed by atoms with Crippen molar-refractivity contribution in [2.75, 3.05) is 26.3 Å². The van der Waals surface area contributed by atoms with Crippen molar-refractivity contribution in [2.45, 2.75) is 13.0 Å². The van der Waals surface area contributed by atoms with Gasteiger partial charge in [0.25, 0.3) is 5.91 Å². The molecule has 1 aliphatic rings. The first-order valence-electron chi connectivity index (χ1n) is 7.72. The van der Waals surface area contributed by atoms with E-state index in [1.54, 1.807) is 17.9 Å². The van der Waals surface area contributed by atoms with Gasteiger partial charge in [-0.2, -0.15) is 0 Å². The second kappa shape index (κ2) is 6.79. The lowest BCUT2D eigenvalue weighted by atomic mass is 10.0. The molecule has 120 valence electrons. The molecule has 0 spiro atoms. The largest absolute Gasteiger partial charge is 0.449 e. The average molecular weight is 313 g/mol. The summed E-state index contributed by atoms with van der Waals surface area (Å²) >= 11 is 0. The van der Waals surface area contributed by atoms with Gasteiger partial charge >= 0.3 is 5.97 Å². The number of nitrogens with zero attached hydrogens (tertiary/aromatic N) is 1. The maximum Gasteiger partial charge on any atom is 0.339 e. The monoisotopic (exact) mass is 313 g/mol. The summed E-state index contributed by atoms with van der Waals surface area (Å²) in [6.45, 7) is 3.73. The van der Waals surface area contributed by atoms with Gasteiger partial charge in [0, 0.05) is 13.1 Å². The first kappa shape index (κ1) is 15.5.